The predicted octanol–water partition coefficient (Wildman–Crippen LogP) is 2.96. The fourth-order valence-electron chi connectivity index (χ4n) is 2.56. The van der Waals surface area contributed by atoms with Crippen molar-refractivity contribution in [2.45, 2.75) is 6.92 Å². The van der Waals surface area contributed by atoms with Crippen LogP contribution in [0.3, 0.4) is 0 Å². The number of para-hydroxylation sites is 2. The zero-order valence-electron chi connectivity index (χ0n) is 12.4. The van der Waals surface area contributed by atoms with E-state index in [0.29, 0.717) is 22.3 Å². The number of aryl methyl sites for hydroxylation is 1. The average molecular weight is 303 g/mol. The summed E-state index contributed by atoms with van der Waals surface area (Å²) >= 11 is 0. The first-order chi connectivity index (χ1) is 11.1. The average Bonchev–Trinajstić information content (AvgIpc) is 2.55. The molecule has 0 spiro atoms. The van der Waals surface area contributed by atoms with Crippen LogP contribution in [-0.2, 0) is 0 Å². The van der Waals surface area contributed by atoms with Crippen LogP contribution in [0.25, 0.3) is 10.9 Å². The lowest BCUT2D eigenvalue weighted by Gasteiger charge is -2.10. The van der Waals surface area contributed by atoms with Crippen molar-refractivity contribution in [3.8, 4) is 6.07 Å². The van der Waals surface area contributed by atoms with Gasteiger partial charge >= 0.3 is 0 Å². The van der Waals surface area contributed by atoms with Crippen molar-refractivity contribution in [1.82, 2.24) is 4.98 Å². The van der Waals surface area contributed by atoms with E-state index in [0.717, 1.165) is 5.39 Å². The maximum absolute atomic E-state index is 12.5. The Balaban J connectivity index is 2.08. The summed E-state index contributed by atoms with van der Waals surface area (Å²) in [5.74, 6) is -0.530. The first kappa shape index (κ1) is 14.5. The normalized spacial score (nSPS) is 10.3. The number of aromatic amines is 1. The molecule has 0 radical (unpaired) electrons. The van der Waals surface area contributed by atoms with Gasteiger partial charge in [-0.2, -0.15) is 5.26 Å². The molecule has 0 saturated carbocycles. The molecule has 0 saturated heterocycles. The lowest BCUT2D eigenvalue weighted by Crippen LogP contribution is -2.25. The minimum Gasteiger partial charge on any atom is -0.321 e. The quantitative estimate of drug-likeness (QED) is 0.763. The van der Waals surface area contributed by atoms with E-state index in [9.17, 15) is 9.59 Å². The van der Waals surface area contributed by atoms with Gasteiger partial charge in [0.2, 0.25) is 0 Å². The molecule has 0 atom stereocenters. The van der Waals surface area contributed by atoms with E-state index in [4.69, 9.17) is 5.26 Å². The van der Waals surface area contributed by atoms with E-state index in [-0.39, 0.29) is 5.56 Å². The standard InChI is InChI=1S/C18H13N3O2/c1-11-13-7-3-5-9-15(13)21-18(23)16(11)17(22)20-14-8-4-2-6-12(14)10-19/h2-9H,1H3,(H,20,22)(H,21,23). The highest BCUT2D eigenvalue weighted by atomic mass is 16.2. The molecule has 2 aromatic carbocycles. The zero-order valence-corrected chi connectivity index (χ0v) is 12.4. The summed E-state index contributed by atoms with van der Waals surface area (Å²) in [6, 6.07) is 16.0. The van der Waals surface area contributed by atoms with Gasteiger partial charge in [0.05, 0.1) is 11.3 Å². The highest BCUT2D eigenvalue weighted by molar-refractivity contribution is 6.07. The third-order valence-corrected chi connectivity index (χ3v) is 3.70. The van der Waals surface area contributed by atoms with Crippen molar-refractivity contribution < 1.29 is 4.79 Å². The molecule has 5 heteroatoms. The number of benzene rings is 2. The molecule has 0 bridgehead atoms. The van der Waals surface area contributed by atoms with Crippen molar-refractivity contribution in [3.63, 3.8) is 0 Å². The van der Waals surface area contributed by atoms with Gasteiger partial charge in [-0.1, -0.05) is 30.3 Å². The number of fused-ring (bicyclic) bond motifs is 1. The SMILES string of the molecule is Cc1c(C(=O)Nc2ccccc2C#N)c(=O)[nH]c2ccccc12. The van der Waals surface area contributed by atoms with Crippen LogP contribution in [-0.4, -0.2) is 10.9 Å². The summed E-state index contributed by atoms with van der Waals surface area (Å²) in [5.41, 5.74) is 1.62. The van der Waals surface area contributed by atoms with E-state index in [1.54, 1.807) is 37.3 Å². The number of nitriles is 1. The summed E-state index contributed by atoms with van der Waals surface area (Å²) in [6.07, 6.45) is 0. The maximum Gasteiger partial charge on any atom is 0.261 e. The van der Waals surface area contributed by atoms with Gasteiger partial charge in [0.25, 0.3) is 11.5 Å². The van der Waals surface area contributed by atoms with Gasteiger partial charge in [-0.15, -0.1) is 0 Å². The minimum atomic E-state index is -0.530. The number of carbonyl (C=O) groups is 1. The molecule has 0 aliphatic heterocycles. The molecule has 1 amide bonds. The molecule has 112 valence electrons. The van der Waals surface area contributed by atoms with Crippen LogP contribution in [0.4, 0.5) is 5.69 Å². The third-order valence-electron chi connectivity index (χ3n) is 3.70. The lowest BCUT2D eigenvalue weighted by atomic mass is 10.0. The predicted molar refractivity (Wildman–Crippen MR) is 88.4 cm³/mol. The number of hydrogen-bond acceptors (Lipinski definition) is 3. The number of amides is 1. The van der Waals surface area contributed by atoms with Crippen LogP contribution in [0.15, 0.2) is 53.3 Å². The Morgan fingerprint density at radius 2 is 1.83 bits per heavy atom. The molecule has 5 nitrogen and oxygen atoms in total. The van der Waals surface area contributed by atoms with Gasteiger partial charge in [0.15, 0.2) is 0 Å². The second-order valence-electron chi connectivity index (χ2n) is 5.11. The minimum absolute atomic E-state index is 0.0523. The second-order valence-corrected chi connectivity index (χ2v) is 5.11. The number of rotatable bonds is 2. The van der Waals surface area contributed by atoms with E-state index in [2.05, 4.69) is 10.3 Å². The molecule has 1 heterocycles. The third kappa shape index (κ3) is 2.58. The van der Waals surface area contributed by atoms with Crippen LogP contribution in [0.2, 0.25) is 0 Å². The number of aromatic nitrogens is 1. The van der Waals surface area contributed by atoms with Gasteiger partial charge < -0.3 is 10.3 Å². The molecular formula is C18H13N3O2. The Hall–Kier alpha value is -3.39. The van der Waals surface area contributed by atoms with Gasteiger partial charge in [-0.05, 0) is 30.7 Å². The zero-order chi connectivity index (χ0) is 16.4. The summed E-state index contributed by atoms with van der Waals surface area (Å²) in [4.78, 5) is 27.5. The molecule has 3 rings (SSSR count). The maximum atomic E-state index is 12.5. The number of hydrogen-bond donors (Lipinski definition) is 2. The number of nitrogens with zero attached hydrogens (tertiary/aromatic N) is 1. The molecule has 0 fully saturated rings. The fraction of sp³-hybridized carbons (Fsp3) is 0.0556. The van der Waals surface area contributed by atoms with E-state index >= 15 is 0 Å². The van der Waals surface area contributed by atoms with Crippen LogP contribution < -0.4 is 10.9 Å². The molecule has 0 unspecified atom stereocenters. The van der Waals surface area contributed by atoms with Crippen LogP contribution >= 0.6 is 0 Å². The molecule has 0 aliphatic carbocycles. The van der Waals surface area contributed by atoms with Gasteiger partial charge in [0.1, 0.15) is 11.6 Å². The molecule has 3 aromatic rings. The largest absolute Gasteiger partial charge is 0.321 e. The molecule has 2 N–H and O–H groups in total. The summed E-state index contributed by atoms with van der Waals surface area (Å²) in [7, 11) is 0. The second kappa shape index (κ2) is 5.78. The number of anilines is 1. The van der Waals surface area contributed by atoms with E-state index in [1.165, 1.54) is 0 Å². The first-order valence-electron chi connectivity index (χ1n) is 7.04. The lowest BCUT2D eigenvalue weighted by molar-refractivity contribution is 0.102. The topological polar surface area (TPSA) is 85.8 Å². The Morgan fingerprint density at radius 3 is 2.61 bits per heavy atom. The smallest absolute Gasteiger partial charge is 0.261 e. The Morgan fingerprint density at radius 1 is 1.13 bits per heavy atom. The Labute approximate surface area is 132 Å². The summed E-state index contributed by atoms with van der Waals surface area (Å²) in [6.45, 7) is 1.74. The van der Waals surface area contributed by atoms with Gasteiger partial charge in [-0.3, -0.25) is 9.59 Å². The Kier molecular flexibility index (Phi) is 3.65. The summed E-state index contributed by atoms with van der Waals surface area (Å²) < 4.78 is 0. The Bertz CT molecular complexity index is 1010. The molecular weight excluding hydrogens is 290 g/mol. The molecule has 1 aromatic heterocycles. The van der Waals surface area contributed by atoms with Crippen molar-refractivity contribution >= 4 is 22.5 Å². The fourth-order valence-corrected chi connectivity index (χ4v) is 2.56. The number of nitrogens with one attached hydrogen (secondary N) is 2. The van der Waals surface area contributed by atoms with Crippen LogP contribution in [0, 0.1) is 18.3 Å². The van der Waals surface area contributed by atoms with Gasteiger partial charge in [0, 0.05) is 10.9 Å². The molecule has 23 heavy (non-hydrogen) atoms. The first-order valence-corrected chi connectivity index (χ1v) is 7.04. The van der Waals surface area contributed by atoms with E-state index in [1.807, 2.05) is 24.3 Å². The van der Waals surface area contributed by atoms with Crippen molar-refractivity contribution in [2.24, 2.45) is 0 Å². The van der Waals surface area contributed by atoms with Crippen LogP contribution in [0.1, 0.15) is 21.5 Å². The van der Waals surface area contributed by atoms with Gasteiger partial charge in [-0.25, -0.2) is 0 Å². The highest BCUT2D eigenvalue weighted by Gasteiger charge is 2.17. The van der Waals surface area contributed by atoms with Crippen molar-refractivity contribution in [1.29, 1.82) is 5.26 Å². The summed E-state index contributed by atoms with van der Waals surface area (Å²) in [5, 5.41) is 12.5. The number of pyridine rings is 1. The van der Waals surface area contributed by atoms with Crippen molar-refractivity contribution in [2.75, 3.05) is 5.32 Å². The van der Waals surface area contributed by atoms with Crippen molar-refractivity contribution in [3.05, 3.63) is 75.6 Å². The van der Waals surface area contributed by atoms with Crippen LogP contribution in [0.5, 0.6) is 0 Å². The monoisotopic (exact) mass is 303 g/mol. The molecule has 0 aliphatic rings. The number of H-pyrrole nitrogens is 1. The highest BCUT2D eigenvalue weighted by Crippen LogP contribution is 2.19. The number of carbonyl (C=O) groups excluding carboxylic acids is 1. The van der Waals surface area contributed by atoms with E-state index < -0.39 is 11.5 Å².